The van der Waals surface area contributed by atoms with Gasteiger partial charge in [-0.1, -0.05) is 18.2 Å². The molecule has 0 radical (unpaired) electrons. The maximum atomic E-state index is 11.7. The highest BCUT2D eigenvalue weighted by molar-refractivity contribution is 5.78. The molecule has 23 heavy (non-hydrogen) atoms. The van der Waals surface area contributed by atoms with Crippen LogP contribution in [0.2, 0.25) is 0 Å². The van der Waals surface area contributed by atoms with Crippen molar-refractivity contribution in [3.63, 3.8) is 0 Å². The summed E-state index contributed by atoms with van der Waals surface area (Å²) in [5, 5.41) is 15.6. The first-order valence-corrected chi connectivity index (χ1v) is 7.21. The number of amides is 1. The van der Waals surface area contributed by atoms with Gasteiger partial charge in [0.05, 0.1) is 18.4 Å². The number of hydrogen-bond acceptors (Lipinski definition) is 4. The molecule has 0 aliphatic rings. The molecule has 1 amide bonds. The van der Waals surface area contributed by atoms with Gasteiger partial charge in [0.25, 0.3) is 0 Å². The molecule has 2 rings (SSSR count). The number of methoxy groups -OCH3 is 1. The summed E-state index contributed by atoms with van der Waals surface area (Å²) in [6.45, 7) is -0.0477. The highest BCUT2D eigenvalue weighted by Gasteiger charge is 2.17. The van der Waals surface area contributed by atoms with E-state index in [0.29, 0.717) is 6.42 Å². The SMILES string of the molecule is COC(CNC(=O)CCc1cnn(-c2ccccc2)c1)C(=O)O. The summed E-state index contributed by atoms with van der Waals surface area (Å²) in [5.41, 5.74) is 1.89. The normalized spacial score (nSPS) is 11.9. The van der Waals surface area contributed by atoms with Crippen molar-refractivity contribution in [1.82, 2.24) is 15.1 Å². The molecule has 1 unspecified atom stereocenters. The maximum absolute atomic E-state index is 11.7. The van der Waals surface area contributed by atoms with Crippen LogP contribution in [0.25, 0.3) is 5.69 Å². The number of aromatic nitrogens is 2. The molecule has 7 heteroatoms. The molecule has 1 aromatic carbocycles. The van der Waals surface area contributed by atoms with Gasteiger partial charge >= 0.3 is 5.97 Å². The topological polar surface area (TPSA) is 93.5 Å². The van der Waals surface area contributed by atoms with Crippen LogP contribution in [0.5, 0.6) is 0 Å². The molecule has 1 atom stereocenters. The van der Waals surface area contributed by atoms with Crippen molar-refractivity contribution in [2.45, 2.75) is 18.9 Å². The molecule has 1 heterocycles. The molecular formula is C16H19N3O4. The Morgan fingerprint density at radius 3 is 2.74 bits per heavy atom. The van der Waals surface area contributed by atoms with Crippen molar-refractivity contribution >= 4 is 11.9 Å². The first-order chi connectivity index (χ1) is 11.1. The summed E-state index contributed by atoms with van der Waals surface area (Å²) in [6.07, 6.45) is 3.35. The molecule has 122 valence electrons. The minimum Gasteiger partial charge on any atom is -0.479 e. The molecule has 0 saturated heterocycles. The van der Waals surface area contributed by atoms with Gasteiger partial charge in [0.1, 0.15) is 0 Å². The molecule has 0 saturated carbocycles. The van der Waals surface area contributed by atoms with Gasteiger partial charge in [0, 0.05) is 19.7 Å². The standard InChI is InChI=1S/C16H19N3O4/c1-23-14(16(21)22)10-17-15(20)8-7-12-9-18-19(11-12)13-5-3-2-4-6-13/h2-6,9,11,14H,7-8,10H2,1H3,(H,17,20)(H,21,22). The fourth-order valence-corrected chi connectivity index (χ4v) is 2.04. The van der Waals surface area contributed by atoms with E-state index in [2.05, 4.69) is 10.4 Å². The quantitative estimate of drug-likeness (QED) is 0.758. The number of carbonyl (C=O) groups excluding carboxylic acids is 1. The predicted octanol–water partition coefficient (Wildman–Crippen LogP) is 1.02. The Hall–Kier alpha value is -2.67. The van der Waals surface area contributed by atoms with Gasteiger partial charge in [-0.15, -0.1) is 0 Å². The Morgan fingerprint density at radius 1 is 1.35 bits per heavy atom. The highest BCUT2D eigenvalue weighted by atomic mass is 16.5. The second-order valence-electron chi connectivity index (χ2n) is 5.00. The van der Waals surface area contributed by atoms with Crippen molar-refractivity contribution in [1.29, 1.82) is 0 Å². The summed E-state index contributed by atoms with van der Waals surface area (Å²) in [4.78, 5) is 22.5. The zero-order chi connectivity index (χ0) is 16.7. The van der Waals surface area contributed by atoms with E-state index in [9.17, 15) is 9.59 Å². The highest BCUT2D eigenvalue weighted by Crippen LogP contribution is 2.09. The lowest BCUT2D eigenvalue weighted by atomic mass is 10.2. The number of rotatable bonds is 8. The van der Waals surface area contributed by atoms with E-state index >= 15 is 0 Å². The van der Waals surface area contributed by atoms with Gasteiger partial charge in [-0.25, -0.2) is 9.48 Å². The van der Waals surface area contributed by atoms with E-state index in [1.807, 2.05) is 36.5 Å². The second kappa shape index (κ2) is 8.09. The lowest BCUT2D eigenvalue weighted by molar-refractivity contribution is -0.148. The minimum absolute atomic E-state index is 0.0477. The number of aliphatic carboxylic acids is 1. The lowest BCUT2D eigenvalue weighted by Crippen LogP contribution is -2.37. The Kier molecular flexibility index (Phi) is 5.87. The van der Waals surface area contributed by atoms with E-state index in [-0.39, 0.29) is 18.9 Å². The number of carbonyl (C=O) groups is 2. The Labute approximate surface area is 133 Å². The molecule has 0 aliphatic carbocycles. The van der Waals surface area contributed by atoms with E-state index in [4.69, 9.17) is 9.84 Å². The lowest BCUT2D eigenvalue weighted by Gasteiger charge is -2.11. The zero-order valence-electron chi connectivity index (χ0n) is 12.8. The van der Waals surface area contributed by atoms with Crippen LogP contribution >= 0.6 is 0 Å². The summed E-state index contributed by atoms with van der Waals surface area (Å²) >= 11 is 0. The van der Waals surface area contributed by atoms with Crippen LogP contribution in [-0.4, -0.2) is 46.5 Å². The fourth-order valence-electron chi connectivity index (χ4n) is 2.04. The Morgan fingerprint density at radius 2 is 2.09 bits per heavy atom. The van der Waals surface area contributed by atoms with Gasteiger partial charge in [-0.2, -0.15) is 5.10 Å². The third kappa shape index (κ3) is 4.93. The van der Waals surface area contributed by atoms with Gasteiger partial charge < -0.3 is 15.2 Å². The van der Waals surface area contributed by atoms with Crippen LogP contribution < -0.4 is 5.32 Å². The maximum Gasteiger partial charge on any atom is 0.334 e. The molecule has 1 aromatic heterocycles. The first kappa shape index (κ1) is 16.7. The van der Waals surface area contributed by atoms with Crippen LogP contribution in [0.1, 0.15) is 12.0 Å². The van der Waals surface area contributed by atoms with Crippen molar-refractivity contribution in [2.75, 3.05) is 13.7 Å². The number of nitrogens with one attached hydrogen (secondary N) is 1. The number of hydrogen-bond donors (Lipinski definition) is 2. The molecule has 0 fully saturated rings. The average molecular weight is 317 g/mol. The number of benzene rings is 1. The molecule has 0 spiro atoms. The number of carboxylic acid groups (broad SMARTS) is 1. The first-order valence-electron chi connectivity index (χ1n) is 7.21. The monoisotopic (exact) mass is 317 g/mol. The van der Waals surface area contributed by atoms with Crippen molar-refractivity contribution in [3.8, 4) is 5.69 Å². The largest absolute Gasteiger partial charge is 0.479 e. The molecule has 0 bridgehead atoms. The van der Waals surface area contributed by atoms with Crippen LogP contribution in [-0.2, 0) is 20.7 Å². The van der Waals surface area contributed by atoms with Gasteiger partial charge in [0.15, 0.2) is 6.10 Å². The van der Waals surface area contributed by atoms with Crippen LogP contribution in [0.4, 0.5) is 0 Å². The van der Waals surface area contributed by atoms with Crippen molar-refractivity contribution in [2.24, 2.45) is 0 Å². The third-order valence-electron chi connectivity index (χ3n) is 3.34. The smallest absolute Gasteiger partial charge is 0.334 e. The van der Waals surface area contributed by atoms with Crippen LogP contribution in [0.15, 0.2) is 42.7 Å². The number of ether oxygens (including phenoxy) is 1. The van der Waals surface area contributed by atoms with Crippen molar-refractivity contribution in [3.05, 3.63) is 48.3 Å². The summed E-state index contributed by atoms with van der Waals surface area (Å²) in [6, 6.07) is 9.68. The zero-order valence-corrected chi connectivity index (χ0v) is 12.8. The number of nitrogens with zero attached hydrogens (tertiary/aromatic N) is 2. The molecule has 7 nitrogen and oxygen atoms in total. The Balaban J connectivity index is 1.81. The molecular weight excluding hydrogens is 298 g/mol. The predicted molar refractivity (Wildman–Crippen MR) is 83.3 cm³/mol. The van der Waals surface area contributed by atoms with Crippen LogP contribution in [0, 0.1) is 0 Å². The van der Waals surface area contributed by atoms with E-state index in [1.54, 1.807) is 10.9 Å². The number of para-hydroxylation sites is 1. The summed E-state index contributed by atoms with van der Waals surface area (Å²) in [7, 11) is 1.29. The van der Waals surface area contributed by atoms with E-state index < -0.39 is 12.1 Å². The van der Waals surface area contributed by atoms with Crippen molar-refractivity contribution < 1.29 is 19.4 Å². The molecule has 2 N–H and O–H groups in total. The van der Waals surface area contributed by atoms with Gasteiger partial charge in [0.2, 0.25) is 5.91 Å². The van der Waals surface area contributed by atoms with Gasteiger partial charge in [-0.3, -0.25) is 4.79 Å². The Bertz CT molecular complexity index is 654. The van der Waals surface area contributed by atoms with Gasteiger partial charge in [-0.05, 0) is 24.1 Å². The van der Waals surface area contributed by atoms with E-state index in [1.165, 1.54) is 7.11 Å². The second-order valence-corrected chi connectivity index (χ2v) is 5.00. The van der Waals surface area contributed by atoms with Crippen LogP contribution in [0.3, 0.4) is 0 Å². The number of carboxylic acids is 1. The molecule has 2 aromatic rings. The summed E-state index contributed by atoms with van der Waals surface area (Å²) < 4.78 is 6.50. The summed E-state index contributed by atoms with van der Waals surface area (Å²) in [5.74, 6) is -1.32. The number of aryl methyl sites for hydroxylation is 1. The molecule has 0 aliphatic heterocycles. The average Bonchev–Trinajstić information content (AvgIpc) is 3.03. The van der Waals surface area contributed by atoms with E-state index in [0.717, 1.165) is 11.3 Å². The minimum atomic E-state index is -1.10. The third-order valence-corrected chi connectivity index (χ3v) is 3.34. The fraction of sp³-hybridized carbons (Fsp3) is 0.312.